The van der Waals surface area contributed by atoms with Gasteiger partial charge < -0.3 is 9.80 Å². The zero-order valence-electron chi connectivity index (χ0n) is 11.2. The molecule has 5 heteroatoms. The van der Waals surface area contributed by atoms with Crippen molar-refractivity contribution in [3.8, 4) is 6.07 Å². The Morgan fingerprint density at radius 3 is 2.94 bits per heavy atom. The molecule has 5 nitrogen and oxygen atoms in total. The Morgan fingerprint density at radius 2 is 2.33 bits per heavy atom. The highest BCUT2D eigenvalue weighted by atomic mass is 15.3. The minimum atomic E-state index is 0.434. The van der Waals surface area contributed by atoms with Crippen LogP contribution in [-0.4, -0.2) is 48.1 Å². The van der Waals surface area contributed by atoms with Crippen molar-refractivity contribution < 1.29 is 0 Å². The molecule has 1 atom stereocenters. The lowest BCUT2D eigenvalue weighted by molar-refractivity contribution is 0.313. The van der Waals surface area contributed by atoms with Gasteiger partial charge >= 0.3 is 0 Å². The van der Waals surface area contributed by atoms with E-state index in [4.69, 9.17) is 5.26 Å². The highest BCUT2D eigenvalue weighted by molar-refractivity contribution is 5.35. The van der Waals surface area contributed by atoms with Crippen LogP contribution in [0.15, 0.2) is 6.07 Å². The van der Waals surface area contributed by atoms with E-state index >= 15 is 0 Å². The summed E-state index contributed by atoms with van der Waals surface area (Å²) < 4.78 is 0. The molecule has 0 amide bonds. The Bertz CT molecular complexity index is 465. The third-order valence-electron chi connectivity index (χ3n) is 3.45. The van der Waals surface area contributed by atoms with E-state index in [0.717, 1.165) is 18.8 Å². The number of aryl methyl sites for hydroxylation is 1. The highest BCUT2D eigenvalue weighted by Crippen LogP contribution is 2.17. The summed E-state index contributed by atoms with van der Waals surface area (Å²) in [5, 5.41) is 8.93. The standard InChI is InChI=1S/C13H19N5/c1-10-7-11(8-14)16-13(15-10)18(3)9-12-5-4-6-17(12)2/h7,12H,4-6,9H2,1-3H3. The minimum Gasteiger partial charge on any atom is -0.342 e. The largest absolute Gasteiger partial charge is 0.342 e. The van der Waals surface area contributed by atoms with Crippen LogP contribution in [0, 0.1) is 18.3 Å². The van der Waals surface area contributed by atoms with Gasteiger partial charge in [-0.1, -0.05) is 0 Å². The van der Waals surface area contributed by atoms with Crippen LogP contribution >= 0.6 is 0 Å². The van der Waals surface area contributed by atoms with E-state index < -0.39 is 0 Å². The van der Waals surface area contributed by atoms with E-state index in [1.807, 2.05) is 18.9 Å². The van der Waals surface area contributed by atoms with Gasteiger partial charge in [0.2, 0.25) is 5.95 Å². The first-order chi connectivity index (χ1) is 8.60. The fraction of sp³-hybridized carbons (Fsp3) is 0.615. The molecular weight excluding hydrogens is 226 g/mol. The van der Waals surface area contributed by atoms with Gasteiger partial charge in [-0.25, -0.2) is 9.97 Å². The number of hydrogen-bond acceptors (Lipinski definition) is 5. The van der Waals surface area contributed by atoms with Crippen molar-refractivity contribution >= 4 is 5.95 Å². The lowest BCUT2D eigenvalue weighted by Gasteiger charge is -2.25. The predicted molar refractivity (Wildman–Crippen MR) is 70.4 cm³/mol. The molecule has 0 aliphatic carbocycles. The smallest absolute Gasteiger partial charge is 0.226 e. The maximum absolute atomic E-state index is 8.93. The normalized spacial score (nSPS) is 19.8. The number of likely N-dealkylation sites (tertiary alicyclic amines) is 1. The molecule has 1 fully saturated rings. The molecule has 1 aliphatic heterocycles. The molecule has 0 radical (unpaired) electrons. The molecule has 0 bridgehead atoms. The fourth-order valence-corrected chi connectivity index (χ4v) is 2.39. The van der Waals surface area contributed by atoms with Gasteiger partial charge in [-0.15, -0.1) is 0 Å². The number of rotatable bonds is 3. The third kappa shape index (κ3) is 2.77. The summed E-state index contributed by atoms with van der Waals surface area (Å²) in [6.45, 7) is 3.96. The second kappa shape index (κ2) is 5.32. The lowest BCUT2D eigenvalue weighted by Crippen LogP contribution is -2.37. The molecule has 2 heterocycles. The summed E-state index contributed by atoms with van der Waals surface area (Å²) in [6, 6.07) is 4.34. The Labute approximate surface area is 108 Å². The molecule has 1 unspecified atom stereocenters. The zero-order valence-corrected chi connectivity index (χ0v) is 11.2. The number of hydrogen-bond donors (Lipinski definition) is 0. The summed E-state index contributed by atoms with van der Waals surface area (Å²) in [4.78, 5) is 13.1. The number of nitriles is 1. The van der Waals surface area contributed by atoms with Crippen LogP contribution < -0.4 is 4.90 Å². The van der Waals surface area contributed by atoms with Gasteiger partial charge in [-0.3, -0.25) is 0 Å². The highest BCUT2D eigenvalue weighted by Gasteiger charge is 2.23. The molecule has 1 aromatic rings. The third-order valence-corrected chi connectivity index (χ3v) is 3.45. The van der Waals surface area contributed by atoms with Crippen LogP contribution in [0.3, 0.4) is 0 Å². The second-order valence-electron chi connectivity index (χ2n) is 4.96. The average molecular weight is 245 g/mol. The summed E-state index contributed by atoms with van der Waals surface area (Å²) >= 11 is 0. The fourth-order valence-electron chi connectivity index (χ4n) is 2.39. The number of nitrogens with zero attached hydrogens (tertiary/aromatic N) is 5. The Morgan fingerprint density at radius 1 is 1.56 bits per heavy atom. The van der Waals surface area contributed by atoms with Crippen molar-refractivity contribution in [3.63, 3.8) is 0 Å². The van der Waals surface area contributed by atoms with Crippen LogP contribution in [0.4, 0.5) is 5.95 Å². The summed E-state index contributed by atoms with van der Waals surface area (Å²) in [7, 11) is 4.14. The van der Waals surface area contributed by atoms with Crippen LogP contribution in [0.2, 0.25) is 0 Å². The van der Waals surface area contributed by atoms with E-state index in [0.29, 0.717) is 17.7 Å². The lowest BCUT2D eigenvalue weighted by atomic mass is 10.2. The summed E-state index contributed by atoms with van der Waals surface area (Å²) in [6.07, 6.45) is 2.48. The molecule has 0 N–H and O–H groups in total. The van der Waals surface area contributed by atoms with Gasteiger partial charge in [0.15, 0.2) is 0 Å². The van der Waals surface area contributed by atoms with Gasteiger partial charge in [-0.05, 0) is 39.4 Å². The van der Waals surface area contributed by atoms with Gasteiger partial charge in [-0.2, -0.15) is 5.26 Å². The second-order valence-corrected chi connectivity index (χ2v) is 4.96. The van der Waals surface area contributed by atoms with E-state index in [1.54, 1.807) is 6.07 Å². The molecule has 0 aromatic carbocycles. The Hall–Kier alpha value is -1.67. The summed E-state index contributed by atoms with van der Waals surface area (Å²) in [5.41, 5.74) is 1.27. The van der Waals surface area contributed by atoms with Gasteiger partial charge in [0, 0.05) is 25.3 Å². The van der Waals surface area contributed by atoms with Gasteiger partial charge in [0.1, 0.15) is 11.8 Å². The molecule has 1 aliphatic rings. The molecule has 0 saturated carbocycles. The van der Waals surface area contributed by atoms with E-state index in [2.05, 4.69) is 28.0 Å². The number of likely N-dealkylation sites (N-methyl/N-ethyl adjacent to an activating group) is 2. The zero-order chi connectivity index (χ0) is 13.1. The SMILES string of the molecule is Cc1cc(C#N)nc(N(C)CC2CCCN2C)n1. The van der Waals surface area contributed by atoms with Gasteiger partial charge in [0.05, 0.1) is 0 Å². The maximum atomic E-state index is 8.93. The van der Waals surface area contributed by atoms with Crippen molar-refractivity contribution in [1.29, 1.82) is 5.26 Å². The molecular formula is C13H19N5. The van der Waals surface area contributed by atoms with Gasteiger partial charge in [0.25, 0.3) is 0 Å². The average Bonchev–Trinajstić information content (AvgIpc) is 2.74. The van der Waals surface area contributed by atoms with Crippen LogP contribution in [0.25, 0.3) is 0 Å². The first-order valence-corrected chi connectivity index (χ1v) is 6.27. The molecule has 0 spiro atoms. The molecule has 96 valence electrons. The quantitative estimate of drug-likeness (QED) is 0.800. The van der Waals surface area contributed by atoms with E-state index in [-0.39, 0.29) is 0 Å². The van der Waals surface area contributed by atoms with Crippen LogP contribution in [-0.2, 0) is 0 Å². The molecule has 1 saturated heterocycles. The van der Waals surface area contributed by atoms with Crippen LogP contribution in [0.1, 0.15) is 24.2 Å². The van der Waals surface area contributed by atoms with Crippen molar-refractivity contribution in [2.75, 3.05) is 32.1 Å². The topological polar surface area (TPSA) is 56.1 Å². The van der Waals surface area contributed by atoms with E-state index in [1.165, 1.54) is 12.8 Å². The van der Waals surface area contributed by atoms with Crippen molar-refractivity contribution in [2.45, 2.75) is 25.8 Å². The Kier molecular flexibility index (Phi) is 3.78. The number of anilines is 1. The molecule has 1 aromatic heterocycles. The van der Waals surface area contributed by atoms with Crippen molar-refractivity contribution in [2.24, 2.45) is 0 Å². The maximum Gasteiger partial charge on any atom is 0.226 e. The van der Waals surface area contributed by atoms with Crippen molar-refractivity contribution in [1.82, 2.24) is 14.9 Å². The Balaban J connectivity index is 2.11. The predicted octanol–water partition coefficient (Wildman–Crippen LogP) is 1.19. The number of aromatic nitrogens is 2. The summed E-state index contributed by atoms with van der Waals surface area (Å²) in [5.74, 6) is 0.645. The van der Waals surface area contributed by atoms with E-state index in [9.17, 15) is 0 Å². The monoisotopic (exact) mass is 245 g/mol. The first kappa shape index (κ1) is 12.8. The minimum absolute atomic E-state index is 0.434. The van der Waals surface area contributed by atoms with Crippen LogP contribution in [0.5, 0.6) is 0 Å². The first-order valence-electron chi connectivity index (χ1n) is 6.27. The van der Waals surface area contributed by atoms with Crippen molar-refractivity contribution in [3.05, 3.63) is 17.5 Å². The molecule has 2 rings (SSSR count). The molecule has 18 heavy (non-hydrogen) atoms.